The van der Waals surface area contributed by atoms with Gasteiger partial charge in [-0.05, 0) is 32.9 Å². The Morgan fingerprint density at radius 2 is 1.94 bits per heavy atom. The van der Waals surface area contributed by atoms with Crippen molar-refractivity contribution in [3.05, 3.63) is 17.8 Å². The fraction of sp³-hybridized carbons (Fsp3) is 0.583. The lowest BCUT2D eigenvalue weighted by molar-refractivity contribution is -0.00546. The monoisotopic (exact) mass is 221 g/mol. The number of hydrogen-bond donors (Lipinski definition) is 1. The zero-order valence-corrected chi connectivity index (χ0v) is 10.1. The van der Waals surface area contributed by atoms with Gasteiger partial charge >= 0.3 is 0 Å². The molecule has 0 radical (unpaired) electrons. The zero-order chi connectivity index (χ0) is 11.7. The molecule has 0 amide bonds. The van der Waals surface area contributed by atoms with Crippen LogP contribution < -0.4 is 10.6 Å². The number of hydrogen-bond acceptors (Lipinski definition) is 4. The summed E-state index contributed by atoms with van der Waals surface area (Å²) >= 11 is 0. The van der Waals surface area contributed by atoms with Gasteiger partial charge in [0.25, 0.3) is 0 Å². The number of nitrogen functional groups attached to an aromatic ring is 1. The molecular formula is C12H19N3O. The minimum atomic E-state index is 0.253. The molecule has 0 bridgehead atoms. The number of aromatic nitrogens is 1. The molecule has 1 aromatic heterocycles. The molecule has 16 heavy (non-hydrogen) atoms. The lowest BCUT2D eigenvalue weighted by Gasteiger charge is -2.36. The maximum absolute atomic E-state index is 5.77. The number of ether oxygens (including phenoxy) is 1. The first-order valence-corrected chi connectivity index (χ1v) is 5.70. The SMILES string of the molecule is Cc1nc(N2CC(C)OC(C)C2)ccc1N. The van der Waals surface area contributed by atoms with Crippen molar-refractivity contribution in [2.45, 2.75) is 33.0 Å². The molecule has 1 aromatic rings. The molecule has 2 unspecified atom stereocenters. The van der Waals surface area contributed by atoms with Gasteiger partial charge < -0.3 is 15.4 Å². The summed E-state index contributed by atoms with van der Waals surface area (Å²) in [6, 6.07) is 3.90. The van der Waals surface area contributed by atoms with Crippen LogP contribution in [-0.4, -0.2) is 30.3 Å². The second-order valence-corrected chi connectivity index (χ2v) is 4.51. The van der Waals surface area contributed by atoms with Crippen molar-refractivity contribution in [3.8, 4) is 0 Å². The van der Waals surface area contributed by atoms with Gasteiger partial charge in [0, 0.05) is 13.1 Å². The van der Waals surface area contributed by atoms with Crippen molar-refractivity contribution in [2.24, 2.45) is 0 Å². The largest absolute Gasteiger partial charge is 0.397 e. The van der Waals surface area contributed by atoms with Crippen molar-refractivity contribution >= 4 is 11.5 Å². The molecule has 0 spiro atoms. The Kier molecular flexibility index (Phi) is 3.01. The summed E-state index contributed by atoms with van der Waals surface area (Å²) in [7, 11) is 0. The number of pyridine rings is 1. The third-order valence-corrected chi connectivity index (χ3v) is 2.86. The molecule has 2 N–H and O–H groups in total. The van der Waals surface area contributed by atoms with Crippen LogP contribution in [0.3, 0.4) is 0 Å². The molecule has 1 aliphatic heterocycles. The number of rotatable bonds is 1. The van der Waals surface area contributed by atoms with E-state index in [1.165, 1.54) is 0 Å². The summed E-state index contributed by atoms with van der Waals surface area (Å²) in [6.45, 7) is 7.90. The summed E-state index contributed by atoms with van der Waals surface area (Å²) in [6.07, 6.45) is 0.506. The predicted octanol–water partition coefficient (Wildman–Crippen LogP) is 1.59. The molecule has 0 aromatic carbocycles. The number of nitrogens with zero attached hydrogens (tertiary/aromatic N) is 2. The lowest BCUT2D eigenvalue weighted by atomic mass is 10.2. The van der Waals surface area contributed by atoms with Crippen LogP contribution in [0.4, 0.5) is 11.5 Å². The zero-order valence-electron chi connectivity index (χ0n) is 10.1. The minimum Gasteiger partial charge on any atom is -0.397 e. The Labute approximate surface area is 96.4 Å². The third-order valence-electron chi connectivity index (χ3n) is 2.86. The van der Waals surface area contributed by atoms with E-state index in [0.717, 1.165) is 30.3 Å². The summed E-state index contributed by atoms with van der Waals surface area (Å²) < 4.78 is 5.70. The van der Waals surface area contributed by atoms with E-state index in [0.29, 0.717) is 0 Å². The quantitative estimate of drug-likeness (QED) is 0.782. The third kappa shape index (κ3) is 2.27. The van der Waals surface area contributed by atoms with Crippen molar-refractivity contribution < 1.29 is 4.74 Å². The van der Waals surface area contributed by atoms with Gasteiger partial charge in [-0.2, -0.15) is 0 Å². The predicted molar refractivity (Wildman–Crippen MR) is 65.6 cm³/mol. The standard InChI is InChI=1S/C12H19N3O/c1-8-6-15(7-9(2)16-8)12-5-4-11(13)10(3)14-12/h4-5,8-9H,6-7,13H2,1-3H3. The van der Waals surface area contributed by atoms with Crippen LogP contribution in [0.15, 0.2) is 12.1 Å². The van der Waals surface area contributed by atoms with Crippen LogP contribution in [0.5, 0.6) is 0 Å². The summed E-state index contributed by atoms with van der Waals surface area (Å²) in [5, 5.41) is 0. The van der Waals surface area contributed by atoms with E-state index < -0.39 is 0 Å². The Morgan fingerprint density at radius 3 is 2.50 bits per heavy atom. The van der Waals surface area contributed by atoms with Crippen LogP contribution in [0.25, 0.3) is 0 Å². The highest BCUT2D eigenvalue weighted by Gasteiger charge is 2.23. The van der Waals surface area contributed by atoms with Gasteiger partial charge in [-0.15, -0.1) is 0 Å². The summed E-state index contributed by atoms with van der Waals surface area (Å²) in [4.78, 5) is 6.77. The average Bonchev–Trinajstić information content (AvgIpc) is 2.20. The maximum atomic E-state index is 5.77. The average molecular weight is 221 g/mol. The van der Waals surface area contributed by atoms with Crippen LogP contribution in [0, 0.1) is 6.92 Å². The number of aryl methyl sites for hydroxylation is 1. The minimum absolute atomic E-state index is 0.253. The van der Waals surface area contributed by atoms with E-state index >= 15 is 0 Å². The lowest BCUT2D eigenvalue weighted by Crippen LogP contribution is -2.45. The van der Waals surface area contributed by atoms with Gasteiger partial charge in [0.15, 0.2) is 0 Å². The molecule has 2 rings (SSSR count). The van der Waals surface area contributed by atoms with Gasteiger partial charge in [0.2, 0.25) is 0 Å². The van der Waals surface area contributed by atoms with Crippen molar-refractivity contribution in [1.82, 2.24) is 4.98 Å². The summed E-state index contributed by atoms with van der Waals surface area (Å²) in [5.41, 5.74) is 7.41. The highest BCUT2D eigenvalue weighted by Crippen LogP contribution is 2.20. The van der Waals surface area contributed by atoms with Crippen LogP contribution in [0.2, 0.25) is 0 Å². The summed E-state index contributed by atoms with van der Waals surface area (Å²) in [5.74, 6) is 0.994. The van der Waals surface area contributed by atoms with Gasteiger partial charge in [0.1, 0.15) is 5.82 Å². The van der Waals surface area contributed by atoms with Gasteiger partial charge in [0.05, 0.1) is 23.6 Å². The molecule has 1 aliphatic rings. The van der Waals surface area contributed by atoms with E-state index in [2.05, 4.69) is 23.7 Å². The smallest absolute Gasteiger partial charge is 0.129 e. The van der Waals surface area contributed by atoms with Crippen molar-refractivity contribution in [3.63, 3.8) is 0 Å². The van der Waals surface area contributed by atoms with E-state index in [4.69, 9.17) is 10.5 Å². The van der Waals surface area contributed by atoms with E-state index in [1.807, 2.05) is 19.1 Å². The molecule has 0 saturated carbocycles. The molecule has 1 saturated heterocycles. The highest BCUT2D eigenvalue weighted by atomic mass is 16.5. The Bertz CT molecular complexity index is 371. The Balaban J connectivity index is 2.19. The molecule has 1 fully saturated rings. The first kappa shape index (κ1) is 11.2. The van der Waals surface area contributed by atoms with Crippen LogP contribution in [0.1, 0.15) is 19.5 Å². The topological polar surface area (TPSA) is 51.4 Å². The van der Waals surface area contributed by atoms with E-state index in [1.54, 1.807) is 0 Å². The molecule has 4 heteroatoms. The van der Waals surface area contributed by atoms with Gasteiger partial charge in [-0.3, -0.25) is 0 Å². The molecular weight excluding hydrogens is 202 g/mol. The van der Waals surface area contributed by atoms with Crippen molar-refractivity contribution in [2.75, 3.05) is 23.7 Å². The van der Waals surface area contributed by atoms with E-state index in [9.17, 15) is 0 Å². The van der Waals surface area contributed by atoms with E-state index in [-0.39, 0.29) is 12.2 Å². The van der Waals surface area contributed by atoms with Crippen LogP contribution >= 0.6 is 0 Å². The maximum Gasteiger partial charge on any atom is 0.129 e. The fourth-order valence-electron chi connectivity index (χ4n) is 2.10. The Morgan fingerprint density at radius 1 is 1.31 bits per heavy atom. The second-order valence-electron chi connectivity index (χ2n) is 4.51. The normalized spacial score (nSPS) is 25.8. The number of anilines is 2. The highest BCUT2D eigenvalue weighted by molar-refractivity contribution is 5.50. The van der Waals surface area contributed by atoms with Gasteiger partial charge in [-0.1, -0.05) is 0 Å². The Hall–Kier alpha value is -1.29. The first-order chi connectivity index (χ1) is 7.56. The van der Waals surface area contributed by atoms with Crippen LogP contribution in [-0.2, 0) is 4.74 Å². The molecule has 4 nitrogen and oxygen atoms in total. The first-order valence-electron chi connectivity index (χ1n) is 5.70. The van der Waals surface area contributed by atoms with Crippen molar-refractivity contribution in [1.29, 1.82) is 0 Å². The number of morpholine rings is 1. The molecule has 88 valence electrons. The van der Waals surface area contributed by atoms with Gasteiger partial charge in [-0.25, -0.2) is 4.98 Å². The molecule has 2 heterocycles. The fourth-order valence-corrected chi connectivity index (χ4v) is 2.10. The molecule has 2 atom stereocenters. The number of nitrogens with two attached hydrogens (primary N) is 1. The second kappa shape index (κ2) is 4.29. The molecule has 0 aliphatic carbocycles.